The van der Waals surface area contributed by atoms with Crippen LogP contribution in [-0.2, 0) is 0 Å². The summed E-state index contributed by atoms with van der Waals surface area (Å²) in [5.74, 6) is 0.553. The predicted octanol–water partition coefficient (Wildman–Crippen LogP) is 3.60. The van der Waals surface area contributed by atoms with Gasteiger partial charge in [0.05, 0.1) is 6.61 Å². The first-order valence-electron chi connectivity index (χ1n) is 5.86. The maximum absolute atomic E-state index is 9.44. The first-order valence-corrected chi connectivity index (χ1v) is 9.57. The average molecular weight is 224 g/mol. The summed E-state index contributed by atoms with van der Waals surface area (Å²) in [7, 11) is -1.06. The summed E-state index contributed by atoms with van der Waals surface area (Å²) >= 11 is 0. The van der Waals surface area contributed by atoms with E-state index >= 15 is 0 Å². The van der Waals surface area contributed by atoms with Crippen LogP contribution in [0.2, 0.25) is 25.7 Å². The molecule has 0 unspecified atom stereocenters. The van der Waals surface area contributed by atoms with Gasteiger partial charge in [-0.3, -0.25) is 0 Å². The topological polar surface area (TPSA) is 20.2 Å². The third-order valence-electron chi connectivity index (χ3n) is 3.19. The molecule has 0 aromatic rings. The van der Waals surface area contributed by atoms with Crippen molar-refractivity contribution in [1.29, 1.82) is 0 Å². The Morgan fingerprint density at radius 3 is 2.47 bits per heavy atom. The molecular formula is C13H24OSi. The van der Waals surface area contributed by atoms with Crippen molar-refractivity contribution in [3.63, 3.8) is 0 Å². The lowest BCUT2D eigenvalue weighted by Gasteiger charge is -2.29. The van der Waals surface area contributed by atoms with E-state index in [1.165, 1.54) is 30.0 Å². The number of rotatable bonds is 3. The molecule has 1 nitrogen and oxygen atoms in total. The van der Waals surface area contributed by atoms with Gasteiger partial charge < -0.3 is 5.11 Å². The number of aliphatic hydroxyl groups is 1. The fourth-order valence-corrected chi connectivity index (χ4v) is 3.96. The quantitative estimate of drug-likeness (QED) is 0.726. The monoisotopic (exact) mass is 224 g/mol. The summed E-state index contributed by atoms with van der Waals surface area (Å²) in [6.07, 6.45) is 2.38. The molecule has 1 atom stereocenters. The average Bonchev–Trinajstić information content (AvgIpc) is 2.10. The summed E-state index contributed by atoms with van der Waals surface area (Å²) in [5.41, 5.74) is 3.83. The Labute approximate surface area is 94.9 Å². The minimum absolute atomic E-state index is 0.184. The van der Waals surface area contributed by atoms with Gasteiger partial charge in [-0.1, -0.05) is 38.7 Å². The Morgan fingerprint density at radius 2 is 2.00 bits per heavy atom. The molecule has 1 aliphatic rings. The van der Waals surface area contributed by atoms with E-state index in [0.29, 0.717) is 5.92 Å². The highest BCUT2D eigenvalue weighted by atomic mass is 28.3. The summed E-state index contributed by atoms with van der Waals surface area (Å²) in [6, 6.07) is 1.22. The van der Waals surface area contributed by atoms with Crippen LogP contribution in [0.4, 0.5) is 0 Å². The molecule has 0 aromatic heterocycles. The lowest BCUT2D eigenvalue weighted by atomic mass is 9.82. The zero-order valence-corrected chi connectivity index (χ0v) is 11.6. The number of aliphatic hydroxyl groups excluding tert-OH is 1. The van der Waals surface area contributed by atoms with E-state index in [9.17, 15) is 5.11 Å². The normalized spacial score (nSPS) is 23.5. The fraction of sp³-hybridized carbons (Fsp3) is 0.692. The lowest BCUT2D eigenvalue weighted by Crippen LogP contribution is -2.23. The molecule has 15 heavy (non-hydrogen) atoms. The van der Waals surface area contributed by atoms with Crippen LogP contribution in [0.3, 0.4) is 0 Å². The van der Waals surface area contributed by atoms with Gasteiger partial charge >= 0.3 is 0 Å². The van der Waals surface area contributed by atoms with E-state index in [1.54, 1.807) is 0 Å². The van der Waals surface area contributed by atoms with Crippen molar-refractivity contribution in [2.24, 2.45) is 5.92 Å². The Kier molecular flexibility index (Phi) is 3.96. The molecule has 0 saturated carbocycles. The molecule has 0 heterocycles. The van der Waals surface area contributed by atoms with Crippen LogP contribution in [-0.4, -0.2) is 19.8 Å². The van der Waals surface area contributed by atoms with Gasteiger partial charge in [-0.2, -0.15) is 0 Å². The third-order valence-corrected chi connectivity index (χ3v) is 4.68. The largest absolute Gasteiger partial charge is 0.392 e. The summed E-state index contributed by atoms with van der Waals surface area (Å²) in [6.45, 7) is 13.7. The second-order valence-electron chi connectivity index (χ2n) is 5.94. The van der Waals surface area contributed by atoms with Crippen LogP contribution in [0.5, 0.6) is 0 Å². The highest BCUT2D eigenvalue weighted by molar-refractivity contribution is 6.76. The van der Waals surface area contributed by atoms with E-state index < -0.39 is 8.07 Å². The summed E-state index contributed by atoms with van der Waals surface area (Å²) in [4.78, 5) is 0. The molecule has 0 saturated heterocycles. The zero-order valence-electron chi connectivity index (χ0n) is 10.6. The summed E-state index contributed by atoms with van der Waals surface area (Å²) < 4.78 is 0. The highest BCUT2D eigenvalue weighted by Crippen LogP contribution is 2.36. The van der Waals surface area contributed by atoms with Crippen LogP contribution < -0.4 is 0 Å². The Hall–Kier alpha value is -0.343. The molecular weight excluding hydrogens is 200 g/mol. The maximum atomic E-state index is 9.44. The van der Waals surface area contributed by atoms with Crippen molar-refractivity contribution in [3.8, 4) is 0 Å². The molecule has 1 aliphatic carbocycles. The van der Waals surface area contributed by atoms with Crippen molar-refractivity contribution >= 4 is 8.07 Å². The molecule has 2 heteroatoms. The molecule has 1 rings (SSSR count). The SMILES string of the molecule is C=C1C(CO)=C(C[Si](C)(C)C)CC[C@@H]1C. The fourth-order valence-electron chi connectivity index (χ4n) is 2.29. The molecule has 0 spiro atoms. The van der Waals surface area contributed by atoms with E-state index in [2.05, 4.69) is 33.1 Å². The van der Waals surface area contributed by atoms with Gasteiger partial charge in [-0.15, -0.1) is 0 Å². The molecule has 86 valence electrons. The maximum Gasteiger partial charge on any atom is 0.0683 e. The van der Waals surface area contributed by atoms with E-state index in [4.69, 9.17) is 0 Å². The molecule has 0 amide bonds. The highest BCUT2D eigenvalue weighted by Gasteiger charge is 2.24. The van der Waals surface area contributed by atoms with Gasteiger partial charge in [0, 0.05) is 8.07 Å². The molecule has 1 N–H and O–H groups in total. The van der Waals surface area contributed by atoms with E-state index in [0.717, 1.165) is 5.57 Å². The lowest BCUT2D eigenvalue weighted by molar-refractivity contribution is 0.326. The first-order chi connectivity index (χ1) is 6.85. The zero-order chi connectivity index (χ0) is 11.6. The number of hydrogen-bond acceptors (Lipinski definition) is 1. The summed E-state index contributed by atoms with van der Waals surface area (Å²) in [5, 5.41) is 9.44. The van der Waals surface area contributed by atoms with Gasteiger partial charge in [0.15, 0.2) is 0 Å². The van der Waals surface area contributed by atoms with Crippen molar-refractivity contribution in [1.82, 2.24) is 0 Å². The first kappa shape index (κ1) is 12.7. The predicted molar refractivity (Wildman–Crippen MR) is 69.8 cm³/mol. The molecule has 0 bridgehead atoms. The van der Waals surface area contributed by atoms with Crippen LogP contribution in [0.1, 0.15) is 19.8 Å². The van der Waals surface area contributed by atoms with Gasteiger partial charge in [0.1, 0.15) is 0 Å². The van der Waals surface area contributed by atoms with Gasteiger partial charge in [0.2, 0.25) is 0 Å². The molecule has 0 aliphatic heterocycles. The molecule has 0 aromatic carbocycles. The second kappa shape index (κ2) is 4.66. The minimum Gasteiger partial charge on any atom is -0.392 e. The Balaban J connectivity index is 2.92. The standard InChI is InChI=1S/C13H24OSi/c1-10-6-7-12(9-15(3,4)5)13(8-14)11(10)2/h10,14H,2,6-9H2,1,3-5H3/t10-/m0/s1. The van der Waals surface area contributed by atoms with Crippen molar-refractivity contribution in [2.75, 3.05) is 6.61 Å². The van der Waals surface area contributed by atoms with Gasteiger partial charge in [-0.25, -0.2) is 0 Å². The molecule has 0 radical (unpaired) electrons. The third kappa shape index (κ3) is 3.32. The Morgan fingerprint density at radius 1 is 1.40 bits per heavy atom. The van der Waals surface area contributed by atoms with Crippen molar-refractivity contribution in [2.45, 2.75) is 45.5 Å². The van der Waals surface area contributed by atoms with E-state index in [1.807, 2.05) is 0 Å². The Bertz CT molecular complexity index is 283. The van der Waals surface area contributed by atoms with Crippen molar-refractivity contribution < 1.29 is 5.11 Å². The van der Waals surface area contributed by atoms with E-state index in [-0.39, 0.29) is 6.61 Å². The van der Waals surface area contributed by atoms with Crippen LogP contribution in [0, 0.1) is 5.92 Å². The molecule has 0 fully saturated rings. The van der Waals surface area contributed by atoms with Gasteiger partial charge in [0.25, 0.3) is 0 Å². The number of allylic oxidation sites excluding steroid dienone is 1. The second-order valence-corrected chi connectivity index (χ2v) is 11.4. The number of hydrogen-bond donors (Lipinski definition) is 1. The van der Waals surface area contributed by atoms with Crippen LogP contribution >= 0.6 is 0 Å². The minimum atomic E-state index is -1.06. The van der Waals surface area contributed by atoms with Gasteiger partial charge in [-0.05, 0) is 35.9 Å². The van der Waals surface area contributed by atoms with Crippen molar-refractivity contribution in [3.05, 3.63) is 23.3 Å². The van der Waals surface area contributed by atoms with Crippen LogP contribution in [0.15, 0.2) is 23.3 Å². The van der Waals surface area contributed by atoms with Crippen LogP contribution in [0.25, 0.3) is 0 Å². The smallest absolute Gasteiger partial charge is 0.0683 e.